The third kappa shape index (κ3) is 2.27. The maximum absolute atomic E-state index is 12.8. The van der Waals surface area contributed by atoms with Crippen LogP contribution in [0.15, 0.2) is 42.7 Å². The van der Waals surface area contributed by atoms with Crippen LogP contribution < -0.4 is 0 Å². The van der Waals surface area contributed by atoms with E-state index in [4.69, 9.17) is 0 Å². The van der Waals surface area contributed by atoms with Crippen molar-refractivity contribution in [1.82, 2.24) is 14.9 Å². The Morgan fingerprint density at radius 2 is 2.17 bits per heavy atom. The highest BCUT2D eigenvalue weighted by Crippen LogP contribution is 2.51. The lowest BCUT2D eigenvalue weighted by Crippen LogP contribution is -2.44. The van der Waals surface area contributed by atoms with Crippen LogP contribution in [-0.2, 0) is 6.42 Å². The quantitative estimate of drug-likeness (QED) is 0.907. The number of aromatic nitrogens is 2. The first kappa shape index (κ1) is 14.5. The number of imidazole rings is 1. The van der Waals surface area contributed by atoms with Crippen molar-refractivity contribution in [3.8, 4) is 0 Å². The van der Waals surface area contributed by atoms with E-state index in [-0.39, 0.29) is 30.0 Å². The average Bonchev–Trinajstić information content (AvgIpc) is 3.30. The number of carbonyl (C=O) groups is 1. The number of nitrogens with one attached hydrogen (secondary N) is 1. The van der Waals surface area contributed by atoms with Gasteiger partial charge in [-0.3, -0.25) is 4.79 Å². The summed E-state index contributed by atoms with van der Waals surface area (Å²) in [5, 5.41) is 10.2. The van der Waals surface area contributed by atoms with Gasteiger partial charge in [-0.2, -0.15) is 0 Å². The number of hydrogen-bond donors (Lipinski definition) is 2. The smallest absolute Gasteiger partial charge is 0.290 e. The molecule has 5 heteroatoms. The van der Waals surface area contributed by atoms with E-state index < -0.39 is 0 Å². The largest absolute Gasteiger partial charge is 0.396 e. The van der Waals surface area contributed by atoms with Gasteiger partial charge in [0.2, 0.25) is 0 Å². The summed E-state index contributed by atoms with van der Waals surface area (Å²) >= 11 is 0. The van der Waals surface area contributed by atoms with Gasteiger partial charge in [-0.25, -0.2) is 4.98 Å². The molecular weight excluding hydrogens is 290 g/mol. The van der Waals surface area contributed by atoms with Crippen LogP contribution in [0.5, 0.6) is 0 Å². The molecule has 23 heavy (non-hydrogen) atoms. The van der Waals surface area contributed by atoms with Crippen molar-refractivity contribution in [2.45, 2.75) is 37.8 Å². The van der Waals surface area contributed by atoms with Gasteiger partial charge in [-0.15, -0.1) is 0 Å². The monoisotopic (exact) mass is 311 g/mol. The third-order valence-corrected chi connectivity index (χ3v) is 5.50. The topological polar surface area (TPSA) is 69.2 Å². The Bertz CT molecular complexity index is 686. The Morgan fingerprint density at radius 1 is 1.35 bits per heavy atom. The zero-order valence-electron chi connectivity index (χ0n) is 13.0. The number of hydrogen-bond acceptors (Lipinski definition) is 3. The average molecular weight is 311 g/mol. The molecule has 5 nitrogen and oxygen atoms in total. The van der Waals surface area contributed by atoms with Crippen molar-refractivity contribution in [2.75, 3.05) is 6.61 Å². The summed E-state index contributed by atoms with van der Waals surface area (Å²) in [6.45, 7) is 0.116. The predicted octanol–water partition coefficient (Wildman–Crippen LogP) is 2.01. The Morgan fingerprint density at radius 3 is 2.87 bits per heavy atom. The Hall–Kier alpha value is -2.14. The van der Waals surface area contributed by atoms with Gasteiger partial charge >= 0.3 is 0 Å². The van der Waals surface area contributed by atoms with Crippen molar-refractivity contribution >= 4 is 5.91 Å². The number of amides is 1. The number of fused-ring (bicyclic) bond motifs is 2. The van der Waals surface area contributed by atoms with E-state index in [0.717, 1.165) is 25.7 Å². The molecule has 120 valence electrons. The molecule has 2 N–H and O–H groups in total. The second-order valence-corrected chi connectivity index (χ2v) is 6.78. The zero-order valence-corrected chi connectivity index (χ0v) is 13.0. The lowest BCUT2D eigenvalue weighted by molar-refractivity contribution is 0.0562. The molecule has 0 radical (unpaired) electrons. The van der Waals surface area contributed by atoms with Gasteiger partial charge in [0, 0.05) is 29.9 Å². The number of aliphatic hydroxyl groups is 1. The van der Waals surface area contributed by atoms with Crippen LogP contribution in [0.1, 0.15) is 35.4 Å². The number of rotatable bonds is 4. The van der Waals surface area contributed by atoms with Gasteiger partial charge in [0.25, 0.3) is 5.91 Å². The summed E-state index contributed by atoms with van der Waals surface area (Å²) in [6, 6.07) is 10.6. The van der Waals surface area contributed by atoms with Crippen LogP contribution in [0.25, 0.3) is 0 Å². The van der Waals surface area contributed by atoms with Crippen LogP contribution in [-0.4, -0.2) is 44.6 Å². The highest BCUT2D eigenvalue weighted by atomic mass is 16.3. The summed E-state index contributed by atoms with van der Waals surface area (Å²) in [5.41, 5.74) is 0.992. The van der Waals surface area contributed by atoms with E-state index in [1.165, 1.54) is 5.56 Å². The van der Waals surface area contributed by atoms with Gasteiger partial charge in [-0.1, -0.05) is 30.3 Å². The fourth-order valence-electron chi connectivity index (χ4n) is 4.52. The van der Waals surface area contributed by atoms with Gasteiger partial charge in [0.1, 0.15) is 0 Å². The lowest BCUT2D eigenvalue weighted by atomic mass is 9.70. The SMILES string of the molecule is O=C(c1ncc[nH]1)N1[C@@H]2CC[C@H]1[C@](CO)(Cc1ccccc1)C2. The molecule has 1 aromatic carbocycles. The molecule has 1 aromatic heterocycles. The summed E-state index contributed by atoms with van der Waals surface area (Å²) in [4.78, 5) is 21.8. The minimum absolute atomic E-state index is 0.0362. The molecule has 2 saturated heterocycles. The number of carbonyl (C=O) groups excluding carboxylic acids is 1. The summed E-state index contributed by atoms with van der Waals surface area (Å²) < 4.78 is 0. The molecule has 3 heterocycles. The lowest BCUT2D eigenvalue weighted by Gasteiger charge is -2.36. The number of nitrogens with zero attached hydrogens (tertiary/aromatic N) is 2. The molecule has 2 bridgehead atoms. The Kier molecular flexibility index (Phi) is 3.45. The summed E-state index contributed by atoms with van der Waals surface area (Å²) in [6.07, 6.45) is 6.95. The standard InChI is InChI=1S/C18H21N3O2/c22-12-18(10-13-4-2-1-3-5-13)11-14-6-7-15(18)21(14)17(23)16-19-8-9-20-16/h1-5,8-9,14-15,22H,6-7,10-12H2,(H,19,20)/t14-,15+,18-/m1/s1. The molecule has 1 amide bonds. The number of benzene rings is 1. The van der Waals surface area contributed by atoms with Crippen molar-refractivity contribution in [3.63, 3.8) is 0 Å². The molecule has 2 aromatic rings. The van der Waals surface area contributed by atoms with Gasteiger partial charge in [0.15, 0.2) is 5.82 Å². The minimum Gasteiger partial charge on any atom is -0.396 e. The molecule has 0 saturated carbocycles. The van der Waals surface area contributed by atoms with Crippen molar-refractivity contribution < 1.29 is 9.90 Å². The molecule has 3 atom stereocenters. The Labute approximate surface area is 135 Å². The predicted molar refractivity (Wildman–Crippen MR) is 85.8 cm³/mol. The van der Waals surface area contributed by atoms with Crippen LogP contribution in [0.2, 0.25) is 0 Å². The van der Waals surface area contributed by atoms with E-state index in [1.54, 1.807) is 12.4 Å². The second-order valence-electron chi connectivity index (χ2n) is 6.78. The van der Waals surface area contributed by atoms with Crippen LogP contribution >= 0.6 is 0 Å². The number of aromatic amines is 1. The highest BCUT2D eigenvalue weighted by Gasteiger charge is 2.57. The van der Waals surface area contributed by atoms with Gasteiger partial charge in [0.05, 0.1) is 6.61 Å². The van der Waals surface area contributed by atoms with E-state index in [9.17, 15) is 9.90 Å². The van der Waals surface area contributed by atoms with Crippen LogP contribution in [0.3, 0.4) is 0 Å². The first-order chi connectivity index (χ1) is 11.2. The van der Waals surface area contributed by atoms with Crippen molar-refractivity contribution in [3.05, 3.63) is 54.1 Å². The highest BCUT2D eigenvalue weighted by molar-refractivity contribution is 5.91. The molecule has 2 fully saturated rings. The minimum atomic E-state index is -0.230. The fraction of sp³-hybridized carbons (Fsp3) is 0.444. The number of aliphatic hydroxyl groups excluding tert-OH is 1. The van der Waals surface area contributed by atoms with Gasteiger partial charge < -0.3 is 15.0 Å². The molecular formula is C18H21N3O2. The molecule has 4 rings (SSSR count). The summed E-state index contributed by atoms with van der Waals surface area (Å²) in [5.74, 6) is 0.362. The third-order valence-electron chi connectivity index (χ3n) is 5.50. The second kappa shape index (κ2) is 5.49. The maximum atomic E-state index is 12.8. The Balaban J connectivity index is 1.62. The van der Waals surface area contributed by atoms with E-state index in [1.807, 2.05) is 23.1 Å². The number of H-pyrrole nitrogens is 1. The van der Waals surface area contributed by atoms with E-state index >= 15 is 0 Å². The molecule has 0 unspecified atom stereocenters. The molecule has 0 spiro atoms. The fourth-order valence-corrected chi connectivity index (χ4v) is 4.52. The van der Waals surface area contributed by atoms with Crippen LogP contribution in [0.4, 0.5) is 0 Å². The van der Waals surface area contributed by atoms with Crippen LogP contribution in [0, 0.1) is 5.41 Å². The van der Waals surface area contributed by atoms with Crippen molar-refractivity contribution in [2.24, 2.45) is 5.41 Å². The molecule has 0 aliphatic carbocycles. The summed E-state index contributed by atoms with van der Waals surface area (Å²) in [7, 11) is 0. The molecule has 2 aliphatic rings. The molecule has 2 aliphatic heterocycles. The van der Waals surface area contributed by atoms with E-state index in [2.05, 4.69) is 22.1 Å². The van der Waals surface area contributed by atoms with Gasteiger partial charge in [-0.05, 0) is 31.2 Å². The maximum Gasteiger partial charge on any atom is 0.290 e. The zero-order chi connectivity index (χ0) is 15.9. The van der Waals surface area contributed by atoms with E-state index in [0.29, 0.717) is 5.82 Å². The normalized spacial score (nSPS) is 29.2. The first-order valence-electron chi connectivity index (χ1n) is 8.20. The van der Waals surface area contributed by atoms with Crippen molar-refractivity contribution in [1.29, 1.82) is 0 Å². The first-order valence-corrected chi connectivity index (χ1v) is 8.20.